The van der Waals surface area contributed by atoms with Gasteiger partial charge >= 0.3 is 0 Å². The van der Waals surface area contributed by atoms with Crippen LogP contribution in [0.3, 0.4) is 0 Å². The van der Waals surface area contributed by atoms with Gasteiger partial charge in [-0.15, -0.1) is 6.58 Å². The number of ether oxygens (including phenoxy) is 1. The lowest BCUT2D eigenvalue weighted by molar-refractivity contribution is 0.101. The van der Waals surface area contributed by atoms with Crippen LogP contribution >= 0.6 is 0 Å². The minimum atomic E-state index is -0.0872. The SMILES string of the molecule is C=CCn1c(C)c(N2CCOCC2)c(C)c1C(=O)Nc1ccc(C)cc1. The van der Waals surface area contributed by atoms with Gasteiger partial charge in [-0.25, -0.2) is 0 Å². The molecule has 0 atom stereocenters. The zero-order valence-electron chi connectivity index (χ0n) is 15.8. The Morgan fingerprint density at radius 3 is 2.46 bits per heavy atom. The lowest BCUT2D eigenvalue weighted by Gasteiger charge is -2.29. The van der Waals surface area contributed by atoms with Crippen LogP contribution in [0.25, 0.3) is 0 Å². The third-order valence-electron chi connectivity index (χ3n) is 4.89. The summed E-state index contributed by atoms with van der Waals surface area (Å²) in [6.45, 7) is 13.7. The first kappa shape index (κ1) is 18.3. The molecule has 1 N–H and O–H groups in total. The molecule has 138 valence electrons. The largest absolute Gasteiger partial charge is 0.378 e. The van der Waals surface area contributed by atoms with Gasteiger partial charge in [0, 0.05) is 36.6 Å². The number of rotatable bonds is 5. The molecule has 1 saturated heterocycles. The number of benzene rings is 1. The van der Waals surface area contributed by atoms with E-state index < -0.39 is 0 Å². The number of amides is 1. The molecule has 0 saturated carbocycles. The first-order valence-electron chi connectivity index (χ1n) is 9.04. The first-order chi connectivity index (χ1) is 12.5. The number of hydrogen-bond donors (Lipinski definition) is 1. The van der Waals surface area contributed by atoms with Gasteiger partial charge in [0.05, 0.1) is 18.9 Å². The number of morpholine rings is 1. The first-order valence-corrected chi connectivity index (χ1v) is 9.04. The van der Waals surface area contributed by atoms with E-state index in [0.29, 0.717) is 12.2 Å². The number of carbonyl (C=O) groups excluding carboxylic acids is 1. The molecule has 0 unspecified atom stereocenters. The number of nitrogens with zero attached hydrogens (tertiary/aromatic N) is 2. The Balaban J connectivity index is 1.97. The fourth-order valence-electron chi connectivity index (χ4n) is 3.61. The van der Waals surface area contributed by atoms with Crippen LogP contribution < -0.4 is 10.2 Å². The van der Waals surface area contributed by atoms with Crippen molar-refractivity contribution in [3.05, 3.63) is 59.4 Å². The van der Waals surface area contributed by atoms with Crippen LogP contribution in [0.4, 0.5) is 11.4 Å². The fraction of sp³-hybridized carbons (Fsp3) is 0.381. The molecule has 1 aliphatic heterocycles. The number of nitrogens with one attached hydrogen (secondary N) is 1. The minimum absolute atomic E-state index is 0.0872. The maximum atomic E-state index is 13.1. The number of anilines is 2. The summed E-state index contributed by atoms with van der Waals surface area (Å²) in [6, 6.07) is 7.85. The Hall–Kier alpha value is -2.53. The van der Waals surface area contributed by atoms with Crippen molar-refractivity contribution in [2.24, 2.45) is 0 Å². The molecule has 26 heavy (non-hydrogen) atoms. The van der Waals surface area contributed by atoms with Gasteiger partial charge in [0.1, 0.15) is 5.69 Å². The van der Waals surface area contributed by atoms with Gasteiger partial charge in [0.25, 0.3) is 5.91 Å². The molecule has 1 aromatic heterocycles. The van der Waals surface area contributed by atoms with Crippen LogP contribution in [0, 0.1) is 20.8 Å². The van der Waals surface area contributed by atoms with Crippen LogP contribution in [0.15, 0.2) is 36.9 Å². The molecular formula is C21H27N3O2. The lowest BCUT2D eigenvalue weighted by Crippen LogP contribution is -2.36. The van der Waals surface area contributed by atoms with Crippen LogP contribution in [-0.2, 0) is 11.3 Å². The molecule has 2 aromatic rings. The van der Waals surface area contributed by atoms with Gasteiger partial charge in [-0.2, -0.15) is 0 Å². The van der Waals surface area contributed by atoms with E-state index in [-0.39, 0.29) is 5.91 Å². The molecule has 5 nitrogen and oxygen atoms in total. The summed E-state index contributed by atoms with van der Waals surface area (Å²) in [7, 11) is 0. The van der Waals surface area contributed by atoms with Crippen molar-refractivity contribution in [1.82, 2.24) is 4.57 Å². The molecule has 0 bridgehead atoms. The summed E-state index contributed by atoms with van der Waals surface area (Å²) in [6.07, 6.45) is 1.83. The van der Waals surface area contributed by atoms with Crippen LogP contribution in [-0.4, -0.2) is 36.8 Å². The average Bonchev–Trinajstić information content (AvgIpc) is 2.88. The molecule has 0 radical (unpaired) electrons. The van der Waals surface area contributed by atoms with Crippen molar-refractivity contribution in [3.8, 4) is 0 Å². The van der Waals surface area contributed by atoms with Gasteiger partial charge in [-0.05, 0) is 32.9 Å². The Morgan fingerprint density at radius 2 is 1.85 bits per heavy atom. The Kier molecular flexibility index (Phi) is 5.47. The normalized spacial score (nSPS) is 14.3. The number of allylic oxidation sites excluding steroid dienone is 1. The van der Waals surface area contributed by atoms with Crippen molar-refractivity contribution in [2.75, 3.05) is 36.5 Å². The highest BCUT2D eigenvalue weighted by Gasteiger charge is 2.26. The topological polar surface area (TPSA) is 46.5 Å². The van der Waals surface area contributed by atoms with Crippen molar-refractivity contribution in [2.45, 2.75) is 27.3 Å². The molecule has 5 heteroatoms. The molecule has 1 aliphatic rings. The summed E-state index contributed by atoms with van der Waals surface area (Å²) in [4.78, 5) is 15.4. The van der Waals surface area contributed by atoms with E-state index in [2.05, 4.69) is 28.3 Å². The van der Waals surface area contributed by atoms with E-state index in [1.54, 1.807) is 0 Å². The Bertz CT molecular complexity index is 800. The van der Waals surface area contributed by atoms with Gasteiger partial charge in [0.2, 0.25) is 0 Å². The van der Waals surface area contributed by atoms with Crippen LogP contribution in [0.1, 0.15) is 27.3 Å². The molecule has 2 heterocycles. The van der Waals surface area contributed by atoms with Gasteiger partial charge in [-0.3, -0.25) is 4.79 Å². The second kappa shape index (κ2) is 7.79. The highest BCUT2D eigenvalue weighted by Crippen LogP contribution is 2.32. The number of aromatic nitrogens is 1. The predicted molar refractivity (Wildman–Crippen MR) is 106 cm³/mol. The lowest BCUT2D eigenvalue weighted by atomic mass is 10.1. The van der Waals surface area contributed by atoms with Gasteiger partial charge in [0.15, 0.2) is 0 Å². The summed E-state index contributed by atoms with van der Waals surface area (Å²) >= 11 is 0. The number of aryl methyl sites for hydroxylation is 1. The molecule has 1 fully saturated rings. The van der Waals surface area contributed by atoms with E-state index in [1.807, 2.05) is 44.2 Å². The van der Waals surface area contributed by atoms with Crippen molar-refractivity contribution >= 4 is 17.3 Å². The second-order valence-corrected chi connectivity index (χ2v) is 6.73. The van der Waals surface area contributed by atoms with Crippen molar-refractivity contribution in [3.63, 3.8) is 0 Å². The highest BCUT2D eigenvalue weighted by molar-refractivity contribution is 6.05. The highest BCUT2D eigenvalue weighted by atomic mass is 16.5. The van der Waals surface area contributed by atoms with Crippen LogP contribution in [0.2, 0.25) is 0 Å². The molecule has 0 spiro atoms. The Morgan fingerprint density at radius 1 is 1.19 bits per heavy atom. The summed E-state index contributed by atoms with van der Waals surface area (Å²) < 4.78 is 7.53. The van der Waals surface area contributed by atoms with E-state index in [1.165, 1.54) is 5.56 Å². The average molecular weight is 353 g/mol. The summed E-state index contributed by atoms with van der Waals surface area (Å²) in [5.41, 5.74) is 5.92. The quantitative estimate of drug-likeness (QED) is 0.834. The smallest absolute Gasteiger partial charge is 0.272 e. The Labute approximate surface area is 155 Å². The van der Waals surface area contributed by atoms with Gasteiger partial charge < -0.3 is 19.5 Å². The maximum absolute atomic E-state index is 13.1. The minimum Gasteiger partial charge on any atom is -0.378 e. The van der Waals surface area contributed by atoms with E-state index in [0.717, 1.165) is 48.9 Å². The monoisotopic (exact) mass is 353 g/mol. The zero-order chi connectivity index (χ0) is 18.7. The van der Waals surface area contributed by atoms with Crippen molar-refractivity contribution in [1.29, 1.82) is 0 Å². The van der Waals surface area contributed by atoms with E-state index in [9.17, 15) is 4.79 Å². The maximum Gasteiger partial charge on any atom is 0.272 e. The van der Waals surface area contributed by atoms with E-state index >= 15 is 0 Å². The molecule has 0 aliphatic carbocycles. The number of carbonyl (C=O) groups is 1. The standard InChI is InChI=1S/C21H27N3O2/c1-5-10-24-17(4)19(23-11-13-26-14-12-23)16(3)20(24)21(25)22-18-8-6-15(2)7-9-18/h5-9H,1,10-14H2,2-4H3,(H,22,25). The third kappa shape index (κ3) is 3.53. The second-order valence-electron chi connectivity index (χ2n) is 6.73. The molecule has 3 rings (SSSR count). The predicted octanol–water partition coefficient (Wildman–Crippen LogP) is 3.69. The summed E-state index contributed by atoms with van der Waals surface area (Å²) in [5.74, 6) is -0.0872. The molecule has 1 aromatic carbocycles. The third-order valence-corrected chi connectivity index (χ3v) is 4.89. The van der Waals surface area contributed by atoms with Crippen LogP contribution in [0.5, 0.6) is 0 Å². The molecular weight excluding hydrogens is 326 g/mol. The molecule has 1 amide bonds. The fourth-order valence-corrected chi connectivity index (χ4v) is 3.61. The number of hydrogen-bond acceptors (Lipinski definition) is 3. The van der Waals surface area contributed by atoms with Crippen molar-refractivity contribution < 1.29 is 9.53 Å². The zero-order valence-corrected chi connectivity index (χ0v) is 15.8. The van der Waals surface area contributed by atoms with Gasteiger partial charge in [-0.1, -0.05) is 23.8 Å². The summed E-state index contributed by atoms with van der Waals surface area (Å²) in [5, 5.41) is 3.03. The van der Waals surface area contributed by atoms with E-state index in [4.69, 9.17) is 4.74 Å².